The van der Waals surface area contributed by atoms with Gasteiger partial charge in [0, 0.05) is 25.0 Å². The highest BCUT2D eigenvalue weighted by molar-refractivity contribution is 5.40. The summed E-state index contributed by atoms with van der Waals surface area (Å²) in [5, 5.41) is 0. The van der Waals surface area contributed by atoms with Crippen LogP contribution in [0.4, 0.5) is 5.82 Å². The molecule has 0 saturated heterocycles. The molecule has 0 spiro atoms. The fourth-order valence-corrected chi connectivity index (χ4v) is 1.44. The maximum absolute atomic E-state index is 6.04. The molecule has 5 nitrogen and oxygen atoms in total. The number of nitrogen functional groups attached to an aromatic ring is 1. The Morgan fingerprint density at radius 2 is 1.94 bits per heavy atom. The first-order valence-electron chi connectivity index (χ1n) is 5.39. The number of rotatable bonds is 6. The summed E-state index contributed by atoms with van der Waals surface area (Å²) in [6, 6.07) is 3.20. The van der Waals surface area contributed by atoms with Gasteiger partial charge in [-0.1, -0.05) is 6.07 Å². The van der Waals surface area contributed by atoms with Crippen LogP contribution in [-0.2, 0) is 9.47 Å². The van der Waals surface area contributed by atoms with E-state index in [1.807, 2.05) is 19.9 Å². The second-order valence-electron chi connectivity index (χ2n) is 3.28. The van der Waals surface area contributed by atoms with Gasteiger partial charge in [0.25, 0.3) is 0 Å². The van der Waals surface area contributed by atoms with Gasteiger partial charge < -0.3 is 20.9 Å². The molecule has 0 bridgehead atoms. The molecule has 0 aliphatic carbocycles. The van der Waals surface area contributed by atoms with E-state index in [0.717, 1.165) is 5.56 Å². The van der Waals surface area contributed by atoms with Crippen molar-refractivity contribution in [3.63, 3.8) is 0 Å². The number of aromatic nitrogens is 1. The number of ether oxygens (including phenoxy) is 2. The lowest BCUT2D eigenvalue weighted by atomic mass is 10.1. The Morgan fingerprint density at radius 1 is 1.31 bits per heavy atom. The molecule has 0 fully saturated rings. The molecule has 1 heterocycles. The van der Waals surface area contributed by atoms with Crippen molar-refractivity contribution in [2.24, 2.45) is 5.73 Å². The van der Waals surface area contributed by atoms with Crippen LogP contribution in [0.1, 0.15) is 25.5 Å². The number of anilines is 1. The van der Waals surface area contributed by atoms with E-state index in [2.05, 4.69) is 4.98 Å². The van der Waals surface area contributed by atoms with Crippen LogP contribution < -0.4 is 11.5 Å². The molecule has 5 heteroatoms. The third kappa shape index (κ3) is 3.16. The standard InChI is InChI=1S/C11H19N3O2/c1-3-15-11(16-4-2)9(12)8-6-5-7-14-10(8)13/h5-7,9,11H,3-4,12H2,1-2H3,(H2,13,14). The number of hydrogen-bond acceptors (Lipinski definition) is 5. The molecule has 1 aromatic heterocycles. The maximum atomic E-state index is 6.04. The van der Waals surface area contributed by atoms with Gasteiger partial charge in [0.05, 0.1) is 6.04 Å². The van der Waals surface area contributed by atoms with Gasteiger partial charge in [0.1, 0.15) is 5.82 Å². The molecule has 0 aliphatic heterocycles. The van der Waals surface area contributed by atoms with Gasteiger partial charge in [-0.05, 0) is 19.9 Å². The van der Waals surface area contributed by atoms with E-state index < -0.39 is 12.3 Å². The van der Waals surface area contributed by atoms with Crippen LogP contribution >= 0.6 is 0 Å². The lowest BCUT2D eigenvalue weighted by Gasteiger charge is -2.24. The Bertz CT molecular complexity index is 314. The molecule has 16 heavy (non-hydrogen) atoms. The summed E-state index contributed by atoms with van der Waals surface area (Å²) in [6.07, 6.45) is 1.14. The molecule has 0 radical (unpaired) electrons. The second kappa shape index (κ2) is 6.42. The fourth-order valence-electron chi connectivity index (χ4n) is 1.44. The van der Waals surface area contributed by atoms with Crippen molar-refractivity contribution in [3.8, 4) is 0 Å². The van der Waals surface area contributed by atoms with Crippen molar-refractivity contribution in [2.75, 3.05) is 18.9 Å². The van der Waals surface area contributed by atoms with Gasteiger partial charge in [-0.25, -0.2) is 4.98 Å². The summed E-state index contributed by atoms with van der Waals surface area (Å²) >= 11 is 0. The monoisotopic (exact) mass is 225 g/mol. The van der Waals surface area contributed by atoms with Crippen LogP contribution in [0, 0.1) is 0 Å². The van der Waals surface area contributed by atoms with E-state index in [4.69, 9.17) is 20.9 Å². The summed E-state index contributed by atoms with van der Waals surface area (Å²) in [4.78, 5) is 3.99. The smallest absolute Gasteiger partial charge is 0.176 e. The maximum Gasteiger partial charge on any atom is 0.176 e. The SMILES string of the molecule is CCOC(OCC)C(N)c1cccnc1N. The number of hydrogen-bond donors (Lipinski definition) is 2. The summed E-state index contributed by atoms with van der Waals surface area (Å²) in [7, 11) is 0. The first kappa shape index (κ1) is 12.9. The first-order valence-corrected chi connectivity index (χ1v) is 5.39. The zero-order valence-electron chi connectivity index (χ0n) is 9.72. The van der Waals surface area contributed by atoms with Gasteiger partial charge in [-0.2, -0.15) is 0 Å². The molecule has 1 rings (SSSR count). The predicted octanol–water partition coefficient (Wildman–Crippen LogP) is 1.06. The van der Waals surface area contributed by atoms with E-state index in [1.165, 1.54) is 0 Å². The van der Waals surface area contributed by atoms with Crippen molar-refractivity contribution < 1.29 is 9.47 Å². The topological polar surface area (TPSA) is 83.4 Å². The quantitative estimate of drug-likeness (QED) is 0.707. The predicted molar refractivity (Wildman–Crippen MR) is 62.6 cm³/mol. The zero-order chi connectivity index (χ0) is 12.0. The zero-order valence-corrected chi connectivity index (χ0v) is 9.72. The summed E-state index contributed by atoms with van der Waals surface area (Å²) in [6.45, 7) is 4.87. The average Bonchev–Trinajstić information content (AvgIpc) is 2.28. The molecule has 0 aromatic carbocycles. The third-order valence-electron chi connectivity index (χ3n) is 2.19. The Labute approximate surface area is 95.7 Å². The van der Waals surface area contributed by atoms with Gasteiger partial charge in [0.15, 0.2) is 6.29 Å². The molecule has 1 atom stereocenters. The van der Waals surface area contributed by atoms with Crippen molar-refractivity contribution >= 4 is 5.82 Å². The highest BCUT2D eigenvalue weighted by Crippen LogP contribution is 2.21. The van der Waals surface area contributed by atoms with Crippen LogP contribution in [0.25, 0.3) is 0 Å². The van der Waals surface area contributed by atoms with E-state index in [9.17, 15) is 0 Å². The van der Waals surface area contributed by atoms with Crippen molar-refractivity contribution in [1.82, 2.24) is 4.98 Å². The molecular formula is C11H19N3O2. The number of nitrogens with zero attached hydrogens (tertiary/aromatic N) is 1. The van der Waals surface area contributed by atoms with Crippen LogP contribution in [0.2, 0.25) is 0 Å². The minimum Gasteiger partial charge on any atom is -0.383 e. The molecule has 1 aromatic rings. The van der Waals surface area contributed by atoms with E-state index >= 15 is 0 Å². The lowest BCUT2D eigenvalue weighted by molar-refractivity contribution is -0.149. The average molecular weight is 225 g/mol. The Balaban J connectivity index is 2.81. The Kier molecular flexibility index (Phi) is 5.18. The van der Waals surface area contributed by atoms with Crippen LogP contribution in [0.15, 0.2) is 18.3 Å². The number of pyridine rings is 1. The fraction of sp³-hybridized carbons (Fsp3) is 0.545. The highest BCUT2D eigenvalue weighted by Gasteiger charge is 2.22. The van der Waals surface area contributed by atoms with Crippen molar-refractivity contribution in [3.05, 3.63) is 23.9 Å². The molecule has 0 aliphatic rings. The second-order valence-corrected chi connectivity index (χ2v) is 3.28. The van der Waals surface area contributed by atoms with Gasteiger partial charge in [-0.3, -0.25) is 0 Å². The normalized spacial score (nSPS) is 13.0. The number of nitrogens with two attached hydrogens (primary N) is 2. The molecule has 90 valence electrons. The molecule has 0 amide bonds. The summed E-state index contributed by atoms with van der Waals surface area (Å²) in [5.74, 6) is 0.416. The summed E-state index contributed by atoms with van der Waals surface area (Å²) in [5.41, 5.74) is 12.5. The van der Waals surface area contributed by atoms with E-state index in [0.29, 0.717) is 19.0 Å². The minimum atomic E-state index is -0.485. The van der Waals surface area contributed by atoms with Crippen LogP contribution in [0.3, 0.4) is 0 Å². The van der Waals surface area contributed by atoms with Crippen molar-refractivity contribution in [2.45, 2.75) is 26.2 Å². The minimum absolute atomic E-state index is 0.416. The van der Waals surface area contributed by atoms with E-state index in [-0.39, 0.29) is 0 Å². The molecule has 0 saturated carbocycles. The van der Waals surface area contributed by atoms with Gasteiger partial charge in [0.2, 0.25) is 0 Å². The van der Waals surface area contributed by atoms with Crippen LogP contribution in [-0.4, -0.2) is 24.5 Å². The van der Waals surface area contributed by atoms with Gasteiger partial charge >= 0.3 is 0 Å². The lowest BCUT2D eigenvalue weighted by Crippen LogP contribution is -2.32. The highest BCUT2D eigenvalue weighted by atomic mass is 16.7. The van der Waals surface area contributed by atoms with Gasteiger partial charge in [-0.15, -0.1) is 0 Å². The Morgan fingerprint density at radius 3 is 2.44 bits per heavy atom. The third-order valence-corrected chi connectivity index (χ3v) is 2.19. The molecule has 4 N–H and O–H groups in total. The largest absolute Gasteiger partial charge is 0.383 e. The first-order chi connectivity index (χ1) is 7.70. The Hall–Kier alpha value is -1.17. The van der Waals surface area contributed by atoms with E-state index in [1.54, 1.807) is 12.3 Å². The molecular weight excluding hydrogens is 206 g/mol. The summed E-state index contributed by atoms with van der Waals surface area (Å²) < 4.78 is 10.8. The van der Waals surface area contributed by atoms with Crippen LogP contribution in [0.5, 0.6) is 0 Å². The van der Waals surface area contributed by atoms with Crippen molar-refractivity contribution in [1.29, 1.82) is 0 Å². The molecule has 1 unspecified atom stereocenters.